The number of nitrogens with one attached hydrogen (secondary N) is 1. The third-order valence-corrected chi connectivity index (χ3v) is 4.92. The predicted octanol–water partition coefficient (Wildman–Crippen LogP) is 4.06. The lowest BCUT2D eigenvalue weighted by Gasteiger charge is -2.30. The van der Waals surface area contributed by atoms with E-state index in [1.807, 2.05) is 45.9 Å². The van der Waals surface area contributed by atoms with E-state index in [0.717, 1.165) is 18.9 Å². The standard InChI is InChI=1S/C25H34N2O6/c1-17(2)27(18(3)4)23(30)16-33-26-20-11-9-7-5-6-8-10-12-32-25(31)24-19(13-20)14-21(28)15-22(24)29/h6,8-9,11,13-15,17-18,26,28-29H,5,7,10,12,16H2,1-4H3/b8-6?,11-9?,20-13-. The molecule has 1 amide bonds. The molecule has 8 heteroatoms. The van der Waals surface area contributed by atoms with E-state index in [4.69, 9.17) is 9.57 Å². The number of hydrogen-bond donors (Lipinski definition) is 3. The van der Waals surface area contributed by atoms with Crippen molar-refractivity contribution >= 4 is 18.0 Å². The monoisotopic (exact) mass is 458 g/mol. The maximum absolute atomic E-state index is 12.6. The first-order valence-electron chi connectivity index (χ1n) is 11.2. The lowest BCUT2D eigenvalue weighted by molar-refractivity contribution is -0.141. The second-order valence-electron chi connectivity index (χ2n) is 8.28. The van der Waals surface area contributed by atoms with Crippen LogP contribution in [0.2, 0.25) is 0 Å². The van der Waals surface area contributed by atoms with E-state index in [-0.39, 0.29) is 48.1 Å². The first-order valence-corrected chi connectivity index (χ1v) is 11.2. The molecule has 8 nitrogen and oxygen atoms in total. The van der Waals surface area contributed by atoms with Crippen molar-refractivity contribution in [1.29, 1.82) is 0 Å². The molecule has 1 aromatic rings. The first-order chi connectivity index (χ1) is 15.7. The number of benzene rings is 1. The smallest absolute Gasteiger partial charge is 0.342 e. The van der Waals surface area contributed by atoms with Crippen molar-refractivity contribution in [1.82, 2.24) is 10.4 Å². The van der Waals surface area contributed by atoms with Crippen molar-refractivity contribution in [3.05, 3.63) is 53.3 Å². The lowest BCUT2D eigenvalue weighted by Crippen LogP contribution is -2.44. The van der Waals surface area contributed by atoms with E-state index in [2.05, 4.69) is 5.48 Å². The zero-order valence-electron chi connectivity index (χ0n) is 19.7. The fraction of sp³-hybridized carbons (Fsp3) is 0.440. The Kier molecular flexibility index (Phi) is 10.00. The van der Waals surface area contributed by atoms with Gasteiger partial charge in [0.1, 0.15) is 17.1 Å². The average molecular weight is 459 g/mol. The summed E-state index contributed by atoms with van der Waals surface area (Å²) < 4.78 is 5.27. The van der Waals surface area contributed by atoms with E-state index < -0.39 is 11.7 Å². The summed E-state index contributed by atoms with van der Waals surface area (Å²) in [6, 6.07) is 2.50. The summed E-state index contributed by atoms with van der Waals surface area (Å²) in [6.07, 6.45) is 11.3. The Balaban J connectivity index is 2.31. The van der Waals surface area contributed by atoms with Crippen molar-refractivity contribution in [2.24, 2.45) is 0 Å². The van der Waals surface area contributed by atoms with E-state index >= 15 is 0 Å². The quantitative estimate of drug-likeness (QED) is 0.335. The van der Waals surface area contributed by atoms with Crippen molar-refractivity contribution < 1.29 is 29.4 Å². The Morgan fingerprint density at radius 3 is 2.45 bits per heavy atom. The summed E-state index contributed by atoms with van der Waals surface area (Å²) >= 11 is 0. The molecule has 0 unspecified atom stereocenters. The van der Waals surface area contributed by atoms with E-state index in [1.165, 1.54) is 6.07 Å². The number of esters is 1. The number of hydroxylamine groups is 1. The molecule has 0 spiro atoms. The van der Waals surface area contributed by atoms with Crippen LogP contribution in [0.1, 0.15) is 62.9 Å². The number of cyclic esters (lactones) is 1. The number of rotatable bonds is 6. The van der Waals surface area contributed by atoms with Gasteiger partial charge in [0.25, 0.3) is 5.91 Å². The minimum Gasteiger partial charge on any atom is -0.508 e. The van der Waals surface area contributed by atoms with Gasteiger partial charge in [-0.25, -0.2) is 4.79 Å². The van der Waals surface area contributed by atoms with Gasteiger partial charge in [0.15, 0.2) is 6.61 Å². The molecular weight excluding hydrogens is 424 g/mol. The number of carbonyl (C=O) groups excluding carboxylic acids is 2. The number of amides is 1. The molecule has 0 bridgehead atoms. The van der Waals surface area contributed by atoms with E-state index in [0.29, 0.717) is 12.1 Å². The molecule has 33 heavy (non-hydrogen) atoms. The SMILES string of the molecule is CC(C)N(C(=O)CON/C1=C\c2cc(O)cc(O)c2C(=O)OCCC=CCCC=C1)C(C)C. The number of carbonyl (C=O) groups is 2. The molecule has 0 aromatic heterocycles. The van der Waals surface area contributed by atoms with Crippen LogP contribution < -0.4 is 5.48 Å². The average Bonchev–Trinajstić information content (AvgIpc) is 2.70. The molecular formula is C25H34N2O6. The summed E-state index contributed by atoms with van der Waals surface area (Å²) in [4.78, 5) is 32.3. The third-order valence-electron chi connectivity index (χ3n) is 4.92. The number of hydrogen-bond acceptors (Lipinski definition) is 7. The highest BCUT2D eigenvalue weighted by Crippen LogP contribution is 2.29. The van der Waals surface area contributed by atoms with Crippen molar-refractivity contribution in [2.75, 3.05) is 13.2 Å². The van der Waals surface area contributed by atoms with Gasteiger partial charge in [-0.15, -0.1) is 0 Å². The number of phenols is 2. The van der Waals surface area contributed by atoms with Gasteiger partial charge in [0.2, 0.25) is 0 Å². The molecule has 1 aromatic carbocycles. The van der Waals surface area contributed by atoms with Gasteiger partial charge in [-0.1, -0.05) is 18.2 Å². The van der Waals surface area contributed by atoms with Gasteiger partial charge < -0.3 is 19.8 Å². The maximum Gasteiger partial charge on any atom is 0.342 e. The lowest BCUT2D eigenvalue weighted by atomic mass is 10.0. The Bertz CT molecular complexity index is 910. The topological polar surface area (TPSA) is 108 Å². The van der Waals surface area contributed by atoms with Crippen LogP contribution in [-0.2, 0) is 14.4 Å². The molecule has 1 heterocycles. The van der Waals surface area contributed by atoms with E-state index in [1.54, 1.807) is 17.1 Å². The Morgan fingerprint density at radius 2 is 1.76 bits per heavy atom. The van der Waals surface area contributed by atoms with Crippen LogP contribution in [-0.4, -0.2) is 52.3 Å². The predicted molar refractivity (Wildman–Crippen MR) is 126 cm³/mol. The number of fused-ring (bicyclic) bond motifs is 1. The molecule has 1 aliphatic heterocycles. The number of nitrogens with zero attached hydrogens (tertiary/aromatic N) is 1. The minimum atomic E-state index is -0.701. The molecule has 180 valence electrons. The van der Waals surface area contributed by atoms with Gasteiger partial charge in [-0.2, -0.15) is 0 Å². The molecule has 2 rings (SSSR count). The fourth-order valence-corrected chi connectivity index (χ4v) is 3.61. The highest BCUT2D eigenvalue weighted by atomic mass is 16.6. The maximum atomic E-state index is 12.6. The van der Waals surface area contributed by atoms with Crippen LogP contribution >= 0.6 is 0 Å². The van der Waals surface area contributed by atoms with Gasteiger partial charge in [-0.3, -0.25) is 15.1 Å². The number of phenolic OH excluding ortho intramolecular Hbond substituents is 2. The van der Waals surface area contributed by atoms with Crippen molar-refractivity contribution in [3.8, 4) is 11.5 Å². The molecule has 0 saturated heterocycles. The second kappa shape index (κ2) is 12.7. The molecule has 3 N–H and O–H groups in total. The van der Waals surface area contributed by atoms with Crippen LogP contribution in [0.3, 0.4) is 0 Å². The van der Waals surface area contributed by atoms with Gasteiger partial charge in [0, 0.05) is 18.2 Å². The summed E-state index contributed by atoms with van der Waals surface area (Å²) in [5.74, 6) is -1.46. The van der Waals surface area contributed by atoms with E-state index in [9.17, 15) is 19.8 Å². The van der Waals surface area contributed by atoms with Crippen LogP contribution in [0.5, 0.6) is 11.5 Å². The van der Waals surface area contributed by atoms with Gasteiger partial charge >= 0.3 is 5.97 Å². The minimum absolute atomic E-state index is 0.0338. The third kappa shape index (κ3) is 7.98. The van der Waals surface area contributed by atoms with Gasteiger partial charge in [-0.05, 0) is 70.7 Å². The first kappa shape index (κ1) is 26.0. The highest BCUT2D eigenvalue weighted by molar-refractivity contribution is 5.97. The van der Waals surface area contributed by atoms with Crippen molar-refractivity contribution in [2.45, 2.75) is 59.0 Å². The normalized spacial score (nSPS) is 16.5. The van der Waals surface area contributed by atoms with Crippen LogP contribution in [0, 0.1) is 0 Å². The Hall–Kier alpha value is -3.26. The Morgan fingerprint density at radius 1 is 1.09 bits per heavy atom. The molecule has 0 radical (unpaired) electrons. The summed E-state index contributed by atoms with van der Waals surface area (Å²) in [5, 5.41) is 20.2. The summed E-state index contributed by atoms with van der Waals surface area (Å²) in [5.41, 5.74) is 3.37. The molecule has 1 aliphatic rings. The van der Waals surface area contributed by atoms with Gasteiger partial charge in [0.05, 0.1) is 12.3 Å². The largest absolute Gasteiger partial charge is 0.508 e. The van der Waals surface area contributed by atoms with Crippen LogP contribution in [0.15, 0.2) is 42.1 Å². The zero-order chi connectivity index (χ0) is 24.4. The van der Waals surface area contributed by atoms with Crippen LogP contribution in [0.25, 0.3) is 6.08 Å². The summed E-state index contributed by atoms with van der Waals surface area (Å²) in [7, 11) is 0. The highest BCUT2D eigenvalue weighted by Gasteiger charge is 2.21. The second-order valence-corrected chi connectivity index (χ2v) is 8.28. The van der Waals surface area contributed by atoms with Crippen LogP contribution in [0.4, 0.5) is 0 Å². The number of allylic oxidation sites excluding steroid dienone is 3. The number of ether oxygens (including phenoxy) is 1. The molecule has 0 saturated carbocycles. The van der Waals surface area contributed by atoms with Crippen molar-refractivity contribution in [3.63, 3.8) is 0 Å². The Labute approximate surface area is 195 Å². The molecule has 0 atom stereocenters. The number of aromatic hydroxyl groups is 2. The summed E-state index contributed by atoms with van der Waals surface area (Å²) in [6.45, 7) is 7.75. The fourth-order valence-electron chi connectivity index (χ4n) is 3.61. The molecule has 0 fully saturated rings. The zero-order valence-corrected chi connectivity index (χ0v) is 19.7. The molecule has 0 aliphatic carbocycles.